The molecule has 0 saturated heterocycles. The summed E-state index contributed by atoms with van der Waals surface area (Å²) in [6.07, 6.45) is 1.51. The van der Waals surface area contributed by atoms with Crippen LogP contribution < -0.4 is 15.5 Å². The van der Waals surface area contributed by atoms with Crippen molar-refractivity contribution in [3.05, 3.63) is 101 Å². The Bertz CT molecular complexity index is 1000. The van der Waals surface area contributed by atoms with Crippen LogP contribution >= 0.6 is 11.6 Å². The van der Waals surface area contributed by atoms with Crippen molar-refractivity contribution in [1.82, 2.24) is 10.7 Å². The first-order chi connectivity index (χ1) is 14.6. The van der Waals surface area contributed by atoms with Gasteiger partial charge in [-0.2, -0.15) is 5.10 Å². The Balaban J connectivity index is 1.40. The first kappa shape index (κ1) is 21.1. The van der Waals surface area contributed by atoms with Gasteiger partial charge in [-0.25, -0.2) is 5.43 Å². The zero-order chi connectivity index (χ0) is 21.2. The summed E-state index contributed by atoms with van der Waals surface area (Å²) >= 11 is 5.78. The predicted octanol–water partition coefficient (Wildman–Crippen LogP) is 3.80. The van der Waals surface area contributed by atoms with Crippen LogP contribution in [0.3, 0.4) is 0 Å². The van der Waals surface area contributed by atoms with Gasteiger partial charge >= 0.3 is 0 Å². The van der Waals surface area contributed by atoms with Crippen LogP contribution in [0.1, 0.15) is 21.5 Å². The van der Waals surface area contributed by atoms with Crippen LogP contribution in [0.4, 0.5) is 0 Å². The molecule has 0 bridgehead atoms. The molecule has 0 fully saturated rings. The second kappa shape index (κ2) is 10.8. The molecule has 0 spiro atoms. The normalized spacial score (nSPS) is 10.6. The highest BCUT2D eigenvalue weighted by Gasteiger charge is 2.07. The maximum Gasteiger partial charge on any atom is 0.259 e. The second-order valence-corrected chi connectivity index (χ2v) is 6.76. The van der Waals surface area contributed by atoms with E-state index in [1.807, 2.05) is 54.6 Å². The highest BCUT2D eigenvalue weighted by Crippen LogP contribution is 2.13. The molecular formula is C23H20ClN3O3. The molecule has 6 nitrogen and oxygen atoms in total. The molecule has 152 valence electrons. The third kappa shape index (κ3) is 6.76. The van der Waals surface area contributed by atoms with E-state index in [9.17, 15) is 9.59 Å². The van der Waals surface area contributed by atoms with Gasteiger partial charge in [0, 0.05) is 10.6 Å². The number of carbonyl (C=O) groups is 2. The van der Waals surface area contributed by atoms with E-state index in [-0.39, 0.29) is 12.5 Å². The first-order valence-electron chi connectivity index (χ1n) is 9.22. The average molecular weight is 422 g/mol. The summed E-state index contributed by atoms with van der Waals surface area (Å²) in [6, 6.07) is 23.6. The monoisotopic (exact) mass is 421 g/mol. The predicted molar refractivity (Wildman–Crippen MR) is 117 cm³/mol. The molecule has 3 rings (SSSR count). The fourth-order valence-electron chi connectivity index (χ4n) is 2.47. The molecule has 0 atom stereocenters. The molecule has 0 radical (unpaired) electrons. The maximum atomic E-state index is 11.9. The number of nitrogens with zero attached hydrogens (tertiary/aromatic N) is 1. The van der Waals surface area contributed by atoms with Gasteiger partial charge in [0.05, 0.1) is 12.8 Å². The third-order valence-electron chi connectivity index (χ3n) is 4.05. The molecule has 2 N–H and O–H groups in total. The van der Waals surface area contributed by atoms with Gasteiger partial charge in [-0.1, -0.05) is 41.9 Å². The molecule has 30 heavy (non-hydrogen) atoms. The summed E-state index contributed by atoms with van der Waals surface area (Å²) in [5, 5.41) is 6.95. The Labute approximate surface area is 179 Å². The van der Waals surface area contributed by atoms with Gasteiger partial charge in [0.1, 0.15) is 12.4 Å². The summed E-state index contributed by atoms with van der Waals surface area (Å²) in [4.78, 5) is 23.8. The van der Waals surface area contributed by atoms with Crippen molar-refractivity contribution >= 4 is 29.6 Å². The smallest absolute Gasteiger partial charge is 0.259 e. The summed E-state index contributed by atoms with van der Waals surface area (Å²) in [5.74, 6) is -0.0572. The molecule has 3 aromatic rings. The number of benzene rings is 3. The van der Waals surface area contributed by atoms with Crippen LogP contribution in [0.5, 0.6) is 5.75 Å². The Morgan fingerprint density at radius 2 is 1.63 bits per heavy atom. The minimum Gasteiger partial charge on any atom is -0.489 e. The first-order valence-corrected chi connectivity index (χ1v) is 9.60. The van der Waals surface area contributed by atoms with E-state index in [1.165, 1.54) is 6.21 Å². The van der Waals surface area contributed by atoms with E-state index < -0.39 is 5.91 Å². The van der Waals surface area contributed by atoms with E-state index in [1.54, 1.807) is 24.3 Å². The zero-order valence-electron chi connectivity index (χ0n) is 16.0. The lowest BCUT2D eigenvalue weighted by Crippen LogP contribution is -2.34. The number of hydrogen-bond donors (Lipinski definition) is 2. The summed E-state index contributed by atoms with van der Waals surface area (Å²) in [7, 11) is 0. The molecule has 0 aliphatic carbocycles. The second-order valence-electron chi connectivity index (χ2n) is 6.33. The lowest BCUT2D eigenvalue weighted by Gasteiger charge is -2.06. The molecule has 0 saturated carbocycles. The maximum absolute atomic E-state index is 11.9. The Morgan fingerprint density at radius 3 is 2.33 bits per heavy atom. The number of ether oxygens (including phenoxy) is 1. The lowest BCUT2D eigenvalue weighted by atomic mass is 10.2. The van der Waals surface area contributed by atoms with Crippen LogP contribution in [0.15, 0.2) is 84.0 Å². The van der Waals surface area contributed by atoms with Gasteiger partial charge in [0.25, 0.3) is 11.8 Å². The largest absolute Gasteiger partial charge is 0.489 e. The van der Waals surface area contributed by atoms with E-state index in [2.05, 4.69) is 15.8 Å². The Hall–Kier alpha value is -3.64. The molecular weight excluding hydrogens is 402 g/mol. The van der Waals surface area contributed by atoms with Gasteiger partial charge < -0.3 is 10.1 Å². The molecule has 0 aromatic heterocycles. The number of nitrogens with one attached hydrogen (secondary N) is 2. The van der Waals surface area contributed by atoms with E-state index in [4.69, 9.17) is 16.3 Å². The molecule has 7 heteroatoms. The molecule has 0 heterocycles. The number of hydrogen-bond acceptors (Lipinski definition) is 4. The fraction of sp³-hybridized carbons (Fsp3) is 0.0870. The van der Waals surface area contributed by atoms with Gasteiger partial charge in [-0.05, 0) is 59.7 Å². The van der Waals surface area contributed by atoms with Crippen LogP contribution in [0.2, 0.25) is 5.02 Å². The van der Waals surface area contributed by atoms with E-state index in [0.717, 1.165) is 16.9 Å². The minimum atomic E-state index is -0.434. The third-order valence-corrected chi connectivity index (χ3v) is 4.30. The number of rotatable bonds is 8. The van der Waals surface area contributed by atoms with E-state index >= 15 is 0 Å². The summed E-state index contributed by atoms with van der Waals surface area (Å²) in [6.45, 7) is 0.303. The van der Waals surface area contributed by atoms with Crippen molar-refractivity contribution < 1.29 is 14.3 Å². The number of hydrazone groups is 1. The van der Waals surface area contributed by atoms with Crippen molar-refractivity contribution in [3.8, 4) is 5.75 Å². The van der Waals surface area contributed by atoms with Crippen molar-refractivity contribution in [2.45, 2.75) is 6.61 Å². The SMILES string of the molecule is O=C(CNC(=O)c1ccc(Cl)cc1)N/N=C/c1ccc(OCc2ccccc2)cc1. The van der Waals surface area contributed by atoms with Gasteiger partial charge in [0.15, 0.2) is 0 Å². The molecule has 2 amide bonds. The van der Waals surface area contributed by atoms with E-state index in [0.29, 0.717) is 17.2 Å². The van der Waals surface area contributed by atoms with Crippen molar-refractivity contribution in [2.24, 2.45) is 5.10 Å². The van der Waals surface area contributed by atoms with Crippen molar-refractivity contribution in [3.63, 3.8) is 0 Å². The Morgan fingerprint density at radius 1 is 0.933 bits per heavy atom. The standard InChI is InChI=1S/C23H20ClN3O3/c24-20-10-8-19(9-11-20)23(29)25-15-22(28)27-26-14-17-6-12-21(13-7-17)30-16-18-4-2-1-3-5-18/h1-14H,15-16H2,(H,25,29)(H,27,28)/b26-14+. The number of amides is 2. The highest BCUT2D eigenvalue weighted by atomic mass is 35.5. The van der Waals surface area contributed by atoms with Crippen molar-refractivity contribution in [1.29, 1.82) is 0 Å². The number of carbonyl (C=O) groups excluding carboxylic acids is 2. The molecule has 0 aliphatic rings. The van der Waals surface area contributed by atoms with Crippen molar-refractivity contribution in [2.75, 3.05) is 6.54 Å². The van der Waals surface area contributed by atoms with Gasteiger partial charge in [0.2, 0.25) is 0 Å². The van der Waals surface area contributed by atoms with Gasteiger partial charge in [-0.3, -0.25) is 9.59 Å². The van der Waals surface area contributed by atoms with Crippen LogP contribution in [-0.4, -0.2) is 24.6 Å². The fourth-order valence-corrected chi connectivity index (χ4v) is 2.60. The number of halogens is 1. The Kier molecular flexibility index (Phi) is 7.58. The summed E-state index contributed by atoms with van der Waals surface area (Å²) in [5.41, 5.74) is 4.68. The molecule has 0 unspecified atom stereocenters. The highest BCUT2D eigenvalue weighted by molar-refractivity contribution is 6.30. The molecule has 0 aliphatic heterocycles. The minimum absolute atomic E-state index is 0.189. The van der Waals surface area contributed by atoms with Gasteiger partial charge in [-0.15, -0.1) is 0 Å². The lowest BCUT2D eigenvalue weighted by molar-refractivity contribution is -0.120. The zero-order valence-corrected chi connectivity index (χ0v) is 16.8. The topological polar surface area (TPSA) is 79.8 Å². The summed E-state index contributed by atoms with van der Waals surface area (Å²) < 4.78 is 5.73. The van der Waals surface area contributed by atoms with Crippen LogP contribution in [0.25, 0.3) is 0 Å². The quantitative estimate of drug-likeness (QED) is 0.429. The molecule has 3 aromatic carbocycles. The van der Waals surface area contributed by atoms with Crippen LogP contribution in [0, 0.1) is 0 Å². The average Bonchev–Trinajstić information content (AvgIpc) is 2.78. The van der Waals surface area contributed by atoms with Crippen LogP contribution in [-0.2, 0) is 11.4 Å².